The van der Waals surface area contributed by atoms with E-state index in [1.165, 1.54) is 0 Å². The highest BCUT2D eigenvalue weighted by Crippen LogP contribution is 2.31. The zero-order valence-electron chi connectivity index (χ0n) is 10.9. The summed E-state index contributed by atoms with van der Waals surface area (Å²) in [6.07, 6.45) is 2.41. The van der Waals surface area contributed by atoms with E-state index in [9.17, 15) is 14.7 Å². The molecule has 0 fully saturated rings. The van der Waals surface area contributed by atoms with Crippen LogP contribution in [0.2, 0.25) is 0 Å². The van der Waals surface area contributed by atoms with Gasteiger partial charge in [0, 0.05) is 12.0 Å². The Kier molecular flexibility index (Phi) is 4.47. The fraction of sp³-hybridized carbons (Fsp3) is 0.583. The molecule has 18 heavy (non-hydrogen) atoms. The van der Waals surface area contributed by atoms with E-state index in [-0.39, 0.29) is 12.3 Å². The maximum Gasteiger partial charge on any atom is 0.310 e. The molecule has 100 valence electrons. The molecule has 0 radical (unpaired) electrons. The van der Waals surface area contributed by atoms with Crippen molar-refractivity contribution in [2.45, 2.75) is 40.0 Å². The summed E-state index contributed by atoms with van der Waals surface area (Å²) < 4.78 is 0. The van der Waals surface area contributed by atoms with Crippen molar-refractivity contribution in [2.24, 2.45) is 5.41 Å². The van der Waals surface area contributed by atoms with Crippen LogP contribution in [0.4, 0.5) is 5.82 Å². The molecule has 1 aromatic rings. The molecule has 6 heteroatoms. The molecule has 0 aliphatic carbocycles. The second kappa shape index (κ2) is 5.66. The van der Waals surface area contributed by atoms with Crippen molar-refractivity contribution in [3.63, 3.8) is 0 Å². The summed E-state index contributed by atoms with van der Waals surface area (Å²) in [7, 11) is 0. The topological polar surface area (TPSA) is 95.1 Å². The number of nitrogens with one attached hydrogen (secondary N) is 2. The van der Waals surface area contributed by atoms with Gasteiger partial charge in [-0.25, -0.2) is 0 Å². The normalized spacial score (nSPS) is 11.3. The van der Waals surface area contributed by atoms with Gasteiger partial charge in [-0.2, -0.15) is 5.10 Å². The lowest BCUT2D eigenvalue weighted by Gasteiger charge is -2.25. The predicted molar refractivity (Wildman–Crippen MR) is 67.2 cm³/mol. The third kappa shape index (κ3) is 2.88. The van der Waals surface area contributed by atoms with Crippen LogP contribution >= 0.6 is 0 Å². The number of aryl methyl sites for hydroxylation is 1. The number of H-pyrrole nitrogens is 1. The van der Waals surface area contributed by atoms with E-state index in [0.717, 1.165) is 5.56 Å². The number of carbonyl (C=O) groups excluding carboxylic acids is 1. The zero-order valence-corrected chi connectivity index (χ0v) is 10.9. The number of carboxylic acid groups (broad SMARTS) is 1. The van der Waals surface area contributed by atoms with Gasteiger partial charge in [0.2, 0.25) is 5.91 Å². The number of aliphatic carboxylic acids is 1. The minimum absolute atomic E-state index is 0.0339. The minimum Gasteiger partial charge on any atom is -0.481 e. The second-order valence-electron chi connectivity index (χ2n) is 4.45. The van der Waals surface area contributed by atoms with Gasteiger partial charge >= 0.3 is 5.97 Å². The van der Waals surface area contributed by atoms with Gasteiger partial charge in [0.1, 0.15) is 5.82 Å². The Labute approximate surface area is 106 Å². The summed E-state index contributed by atoms with van der Waals surface area (Å²) in [4.78, 5) is 23.2. The van der Waals surface area contributed by atoms with Gasteiger partial charge in [-0.05, 0) is 19.8 Å². The fourth-order valence-corrected chi connectivity index (χ4v) is 1.84. The molecule has 6 nitrogen and oxygen atoms in total. The summed E-state index contributed by atoms with van der Waals surface area (Å²) in [6, 6.07) is 0. The molecule has 0 atom stereocenters. The molecule has 1 aromatic heterocycles. The number of nitrogens with zero attached hydrogens (tertiary/aromatic N) is 1. The number of anilines is 1. The third-order valence-corrected chi connectivity index (χ3v) is 3.40. The summed E-state index contributed by atoms with van der Waals surface area (Å²) in [5, 5.41) is 18.4. The Balaban J connectivity index is 2.74. The van der Waals surface area contributed by atoms with E-state index in [1.807, 2.05) is 6.92 Å². The molecular weight excluding hydrogens is 234 g/mol. The molecule has 0 spiro atoms. The summed E-state index contributed by atoms with van der Waals surface area (Å²) >= 11 is 0. The molecule has 1 amide bonds. The minimum atomic E-state index is -0.988. The molecule has 0 unspecified atom stereocenters. The monoisotopic (exact) mass is 253 g/mol. The second-order valence-corrected chi connectivity index (χ2v) is 4.45. The van der Waals surface area contributed by atoms with E-state index in [0.29, 0.717) is 18.7 Å². The van der Waals surface area contributed by atoms with Crippen LogP contribution in [0, 0.1) is 12.3 Å². The van der Waals surface area contributed by atoms with Gasteiger partial charge < -0.3 is 10.4 Å². The van der Waals surface area contributed by atoms with Crippen LogP contribution in [0.5, 0.6) is 0 Å². The van der Waals surface area contributed by atoms with E-state index in [2.05, 4.69) is 15.5 Å². The molecule has 1 heterocycles. The average Bonchev–Trinajstić information content (AvgIpc) is 2.71. The quantitative estimate of drug-likeness (QED) is 0.722. The third-order valence-electron chi connectivity index (χ3n) is 3.40. The summed E-state index contributed by atoms with van der Waals surface area (Å²) in [5.41, 5.74) is -0.171. The highest BCUT2D eigenvalue weighted by molar-refractivity contribution is 5.94. The lowest BCUT2D eigenvalue weighted by Crippen LogP contribution is -2.34. The first-order valence-electron chi connectivity index (χ1n) is 5.98. The maximum absolute atomic E-state index is 11.9. The number of amides is 1. The number of aromatic amines is 1. The number of aromatic nitrogens is 2. The van der Waals surface area contributed by atoms with E-state index in [4.69, 9.17) is 0 Å². The van der Waals surface area contributed by atoms with Crippen LogP contribution in [0.25, 0.3) is 0 Å². The van der Waals surface area contributed by atoms with Gasteiger partial charge in [-0.15, -0.1) is 0 Å². The van der Waals surface area contributed by atoms with Crippen LogP contribution in [0.1, 0.15) is 38.7 Å². The first-order valence-corrected chi connectivity index (χ1v) is 5.98. The van der Waals surface area contributed by atoms with Gasteiger partial charge in [-0.1, -0.05) is 13.8 Å². The summed E-state index contributed by atoms with van der Waals surface area (Å²) in [6.45, 7) is 5.38. The van der Waals surface area contributed by atoms with E-state index in [1.54, 1.807) is 20.0 Å². The number of carboxylic acids is 1. The smallest absolute Gasteiger partial charge is 0.310 e. The zero-order chi connectivity index (χ0) is 13.8. The molecule has 0 aliphatic rings. The molecule has 3 N–H and O–H groups in total. The van der Waals surface area contributed by atoms with Crippen LogP contribution in [-0.2, 0) is 9.59 Å². The van der Waals surface area contributed by atoms with E-state index >= 15 is 0 Å². The molecule has 0 aromatic carbocycles. The standard InChI is InChI=1S/C12H19N3O3/c1-4-12(5-2,11(17)18)6-9(16)14-10-8(3)7-13-15-10/h7H,4-6H2,1-3H3,(H,17,18)(H2,13,14,15,16). The van der Waals surface area contributed by atoms with E-state index < -0.39 is 11.4 Å². The van der Waals surface area contributed by atoms with Crippen LogP contribution < -0.4 is 5.32 Å². The van der Waals surface area contributed by atoms with Gasteiger partial charge in [-0.3, -0.25) is 14.7 Å². The molecule has 0 aliphatic heterocycles. The van der Waals surface area contributed by atoms with Crippen molar-refractivity contribution in [1.29, 1.82) is 0 Å². The van der Waals surface area contributed by atoms with Gasteiger partial charge in [0.05, 0.1) is 11.6 Å². The molecule has 0 saturated heterocycles. The average molecular weight is 253 g/mol. The molecular formula is C12H19N3O3. The SMILES string of the molecule is CCC(CC)(CC(=O)Nc1[nH]ncc1C)C(=O)O. The van der Waals surface area contributed by atoms with Gasteiger partial charge in [0.25, 0.3) is 0 Å². The predicted octanol–water partition coefficient (Wildman–Crippen LogP) is 1.94. The number of carbonyl (C=O) groups is 2. The first-order chi connectivity index (χ1) is 8.45. The number of rotatable bonds is 6. The Morgan fingerprint density at radius 3 is 2.44 bits per heavy atom. The van der Waals surface area contributed by atoms with Crippen LogP contribution in [0.3, 0.4) is 0 Å². The first kappa shape index (κ1) is 14.2. The Morgan fingerprint density at radius 2 is 2.06 bits per heavy atom. The Bertz CT molecular complexity index is 436. The highest BCUT2D eigenvalue weighted by atomic mass is 16.4. The van der Waals surface area contributed by atoms with Crippen molar-refractivity contribution in [3.05, 3.63) is 11.8 Å². The van der Waals surface area contributed by atoms with Gasteiger partial charge in [0.15, 0.2) is 0 Å². The molecule has 0 saturated carbocycles. The van der Waals surface area contributed by atoms with Crippen molar-refractivity contribution >= 4 is 17.7 Å². The molecule has 0 bridgehead atoms. The van der Waals surface area contributed by atoms with Crippen molar-refractivity contribution in [2.75, 3.05) is 5.32 Å². The molecule has 1 rings (SSSR count). The Morgan fingerprint density at radius 1 is 1.44 bits per heavy atom. The van der Waals surface area contributed by atoms with Crippen molar-refractivity contribution in [3.8, 4) is 0 Å². The fourth-order valence-electron chi connectivity index (χ4n) is 1.84. The lowest BCUT2D eigenvalue weighted by atomic mass is 9.79. The highest BCUT2D eigenvalue weighted by Gasteiger charge is 2.37. The number of hydrogen-bond donors (Lipinski definition) is 3. The largest absolute Gasteiger partial charge is 0.481 e. The lowest BCUT2D eigenvalue weighted by molar-refractivity contribution is -0.151. The number of hydrogen-bond acceptors (Lipinski definition) is 3. The van der Waals surface area contributed by atoms with Crippen LogP contribution in [0.15, 0.2) is 6.20 Å². The van der Waals surface area contributed by atoms with Crippen molar-refractivity contribution in [1.82, 2.24) is 10.2 Å². The van der Waals surface area contributed by atoms with Crippen molar-refractivity contribution < 1.29 is 14.7 Å². The Hall–Kier alpha value is -1.85. The van der Waals surface area contributed by atoms with Crippen LogP contribution in [-0.4, -0.2) is 27.2 Å². The maximum atomic E-state index is 11.9. The summed E-state index contributed by atoms with van der Waals surface area (Å²) in [5.74, 6) is -0.719.